The zero-order valence-electron chi connectivity index (χ0n) is 17.7. The Labute approximate surface area is 182 Å². The Morgan fingerprint density at radius 3 is 2.00 bits per heavy atom. The van der Waals surface area contributed by atoms with Crippen LogP contribution in [0, 0.1) is 0 Å². The molecule has 4 aromatic carbocycles. The summed E-state index contributed by atoms with van der Waals surface area (Å²) in [5.74, 6) is 0.224. The fourth-order valence-corrected chi connectivity index (χ4v) is 4.38. The number of benzene rings is 4. The second-order valence-corrected chi connectivity index (χ2v) is 8.03. The van der Waals surface area contributed by atoms with Crippen molar-refractivity contribution in [2.45, 2.75) is 26.2 Å². The summed E-state index contributed by atoms with van der Waals surface area (Å²) in [6, 6.07) is 33.7. The number of Topliss-reactive ketones (excluding diaryl/α,β-unsaturated/α-hetero) is 1. The number of carbonyl (C=O) groups is 1. The van der Waals surface area contributed by atoms with E-state index >= 15 is 0 Å². The van der Waals surface area contributed by atoms with E-state index in [0.717, 1.165) is 35.2 Å². The van der Waals surface area contributed by atoms with Crippen molar-refractivity contribution in [1.82, 2.24) is 4.57 Å². The molecule has 1 aromatic heterocycles. The van der Waals surface area contributed by atoms with Gasteiger partial charge in [-0.3, -0.25) is 4.79 Å². The lowest BCUT2D eigenvalue weighted by molar-refractivity contribution is 0.0980. The molecule has 0 spiro atoms. The van der Waals surface area contributed by atoms with Crippen LogP contribution in [0.1, 0.15) is 36.5 Å². The topological polar surface area (TPSA) is 22.0 Å². The van der Waals surface area contributed by atoms with E-state index in [1.165, 1.54) is 21.8 Å². The smallest absolute Gasteiger partial charge is 0.162 e. The number of nitrogens with zero attached hydrogens (tertiary/aromatic N) is 1. The third kappa shape index (κ3) is 3.55. The quantitative estimate of drug-likeness (QED) is 0.265. The van der Waals surface area contributed by atoms with Crippen molar-refractivity contribution in [2.24, 2.45) is 0 Å². The molecule has 1 heterocycles. The molecule has 5 rings (SSSR count). The van der Waals surface area contributed by atoms with Gasteiger partial charge in [0.2, 0.25) is 0 Å². The molecule has 0 aliphatic rings. The standard InChI is InChI=1S/C29H25NO/c1-2-3-18-29(31)23-12-8-10-21(19-23)22-11-9-13-24(20-22)30-27-16-6-4-14-25(27)26-15-5-7-17-28(26)30/h4-17,19-20H,2-3,18H2,1H3. The van der Waals surface area contributed by atoms with E-state index in [4.69, 9.17) is 0 Å². The molecule has 2 nitrogen and oxygen atoms in total. The zero-order chi connectivity index (χ0) is 21.2. The van der Waals surface area contributed by atoms with Crippen molar-refractivity contribution < 1.29 is 4.79 Å². The largest absolute Gasteiger partial charge is 0.309 e. The van der Waals surface area contributed by atoms with Crippen LogP contribution >= 0.6 is 0 Å². The van der Waals surface area contributed by atoms with Crippen LogP contribution in [0.15, 0.2) is 97.1 Å². The molecule has 5 aromatic rings. The van der Waals surface area contributed by atoms with E-state index in [1.54, 1.807) is 0 Å². The van der Waals surface area contributed by atoms with Crippen molar-refractivity contribution in [2.75, 3.05) is 0 Å². The van der Waals surface area contributed by atoms with Crippen molar-refractivity contribution in [1.29, 1.82) is 0 Å². The summed E-state index contributed by atoms with van der Waals surface area (Å²) in [6.45, 7) is 2.11. The van der Waals surface area contributed by atoms with Gasteiger partial charge in [0, 0.05) is 28.4 Å². The first-order valence-electron chi connectivity index (χ1n) is 11.0. The molecule has 0 bridgehead atoms. The third-order valence-corrected chi connectivity index (χ3v) is 5.96. The summed E-state index contributed by atoms with van der Waals surface area (Å²) >= 11 is 0. The Kier molecular flexibility index (Phi) is 5.13. The summed E-state index contributed by atoms with van der Waals surface area (Å²) in [5.41, 5.74) is 6.51. The fourth-order valence-electron chi connectivity index (χ4n) is 4.38. The maximum Gasteiger partial charge on any atom is 0.162 e. The zero-order valence-corrected chi connectivity index (χ0v) is 17.7. The number of fused-ring (bicyclic) bond motifs is 3. The lowest BCUT2D eigenvalue weighted by atomic mass is 9.99. The molecule has 0 aliphatic carbocycles. The van der Waals surface area contributed by atoms with Crippen LogP contribution in [-0.4, -0.2) is 10.4 Å². The van der Waals surface area contributed by atoms with Gasteiger partial charge in [-0.25, -0.2) is 0 Å². The molecule has 0 N–H and O–H groups in total. The minimum atomic E-state index is 0.224. The molecule has 31 heavy (non-hydrogen) atoms. The molecule has 0 saturated carbocycles. The first-order valence-corrected chi connectivity index (χ1v) is 11.0. The van der Waals surface area contributed by atoms with Gasteiger partial charge in [-0.05, 0) is 47.9 Å². The molecule has 0 fully saturated rings. The Balaban J connectivity index is 1.62. The predicted molar refractivity (Wildman–Crippen MR) is 130 cm³/mol. The number of hydrogen-bond acceptors (Lipinski definition) is 1. The molecule has 0 amide bonds. The molecule has 0 radical (unpaired) electrons. The van der Waals surface area contributed by atoms with Gasteiger partial charge in [-0.2, -0.15) is 0 Å². The second-order valence-electron chi connectivity index (χ2n) is 8.03. The number of carbonyl (C=O) groups excluding carboxylic acids is 1. The summed E-state index contributed by atoms with van der Waals surface area (Å²) < 4.78 is 2.32. The Hall–Kier alpha value is -3.65. The highest BCUT2D eigenvalue weighted by molar-refractivity contribution is 6.09. The maximum absolute atomic E-state index is 12.5. The summed E-state index contributed by atoms with van der Waals surface area (Å²) in [6.07, 6.45) is 2.58. The highest BCUT2D eigenvalue weighted by Crippen LogP contribution is 2.33. The second kappa shape index (κ2) is 8.23. The van der Waals surface area contributed by atoms with Gasteiger partial charge in [0.25, 0.3) is 0 Å². The number of unbranched alkanes of at least 4 members (excludes halogenated alkanes) is 1. The Bertz CT molecular complexity index is 1340. The van der Waals surface area contributed by atoms with Gasteiger partial charge < -0.3 is 4.57 Å². The van der Waals surface area contributed by atoms with E-state index in [-0.39, 0.29) is 5.78 Å². The Morgan fingerprint density at radius 1 is 0.710 bits per heavy atom. The van der Waals surface area contributed by atoms with Gasteiger partial charge in [0.05, 0.1) is 11.0 Å². The molecule has 2 heteroatoms. The highest BCUT2D eigenvalue weighted by Gasteiger charge is 2.12. The van der Waals surface area contributed by atoms with E-state index < -0.39 is 0 Å². The molecule has 0 unspecified atom stereocenters. The SMILES string of the molecule is CCCCC(=O)c1cccc(-c2cccc(-n3c4ccccc4c4ccccc43)c2)c1. The number of para-hydroxylation sites is 2. The minimum absolute atomic E-state index is 0.224. The monoisotopic (exact) mass is 403 g/mol. The first kappa shape index (κ1) is 19.3. The molecular weight excluding hydrogens is 378 g/mol. The molecule has 0 saturated heterocycles. The average Bonchev–Trinajstić information content (AvgIpc) is 3.17. The summed E-state index contributed by atoms with van der Waals surface area (Å²) in [4.78, 5) is 12.5. The lowest BCUT2D eigenvalue weighted by Crippen LogP contribution is -1.99. The molecule has 152 valence electrons. The minimum Gasteiger partial charge on any atom is -0.309 e. The molecular formula is C29H25NO. The number of ketones is 1. The van der Waals surface area contributed by atoms with Crippen LogP contribution < -0.4 is 0 Å². The van der Waals surface area contributed by atoms with Gasteiger partial charge in [-0.15, -0.1) is 0 Å². The summed E-state index contributed by atoms with van der Waals surface area (Å²) in [7, 11) is 0. The molecule has 0 aliphatic heterocycles. The first-order chi connectivity index (χ1) is 15.3. The van der Waals surface area contributed by atoms with Crippen molar-refractivity contribution >= 4 is 27.6 Å². The highest BCUT2D eigenvalue weighted by atomic mass is 16.1. The Morgan fingerprint density at radius 2 is 1.32 bits per heavy atom. The number of hydrogen-bond donors (Lipinski definition) is 0. The van der Waals surface area contributed by atoms with Crippen molar-refractivity contribution in [3.8, 4) is 16.8 Å². The van der Waals surface area contributed by atoms with Crippen LogP contribution in [-0.2, 0) is 0 Å². The third-order valence-electron chi connectivity index (χ3n) is 5.96. The normalized spacial score (nSPS) is 11.3. The number of rotatable bonds is 6. The van der Waals surface area contributed by atoms with Crippen molar-refractivity contribution in [3.05, 3.63) is 103 Å². The van der Waals surface area contributed by atoms with E-state index in [2.05, 4.69) is 90.4 Å². The van der Waals surface area contributed by atoms with E-state index in [9.17, 15) is 4.79 Å². The van der Waals surface area contributed by atoms with Gasteiger partial charge in [0.15, 0.2) is 5.78 Å². The van der Waals surface area contributed by atoms with Crippen LogP contribution in [0.4, 0.5) is 0 Å². The van der Waals surface area contributed by atoms with Crippen LogP contribution in [0.3, 0.4) is 0 Å². The van der Waals surface area contributed by atoms with Crippen molar-refractivity contribution in [3.63, 3.8) is 0 Å². The van der Waals surface area contributed by atoms with Gasteiger partial charge in [-0.1, -0.05) is 80.1 Å². The van der Waals surface area contributed by atoms with Gasteiger partial charge in [0.1, 0.15) is 0 Å². The lowest BCUT2D eigenvalue weighted by Gasteiger charge is -2.11. The predicted octanol–water partition coefficient (Wildman–Crippen LogP) is 7.82. The van der Waals surface area contributed by atoms with Gasteiger partial charge >= 0.3 is 0 Å². The van der Waals surface area contributed by atoms with Crippen LogP contribution in [0.25, 0.3) is 38.6 Å². The van der Waals surface area contributed by atoms with Crippen LogP contribution in [0.5, 0.6) is 0 Å². The maximum atomic E-state index is 12.5. The summed E-state index contributed by atoms with van der Waals surface area (Å²) in [5, 5.41) is 2.51. The molecule has 0 atom stereocenters. The fraction of sp³-hybridized carbons (Fsp3) is 0.138. The van der Waals surface area contributed by atoms with E-state index in [1.807, 2.05) is 18.2 Å². The van der Waals surface area contributed by atoms with E-state index in [0.29, 0.717) is 6.42 Å². The average molecular weight is 404 g/mol. The van der Waals surface area contributed by atoms with Crippen LogP contribution in [0.2, 0.25) is 0 Å². The number of aromatic nitrogens is 1.